The van der Waals surface area contributed by atoms with Crippen LogP contribution < -0.4 is 19.9 Å². The van der Waals surface area contributed by atoms with E-state index in [9.17, 15) is 9.59 Å². The highest BCUT2D eigenvalue weighted by Crippen LogP contribution is 2.36. The standard InChI is InChI=1S/C20H23ClN2O5/c1-4-27-15-7-5-13(6-8-15)11-23(2)20(25)14-9-16(21)19(17(10-14)26-3)28-12-18(22)24/h5-10H,4,11-12H2,1-3H3,(H2,22,24). The second kappa shape index (κ2) is 9.85. The molecule has 0 fully saturated rings. The second-order valence-electron chi connectivity index (χ2n) is 5.98. The minimum Gasteiger partial charge on any atom is -0.494 e. The summed E-state index contributed by atoms with van der Waals surface area (Å²) in [6.07, 6.45) is 0. The summed E-state index contributed by atoms with van der Waals surface area (Å²) in [6.45, 7) is 2.58. The molecule has 0 saturated carbocycles. The molecule has 0 heterocycles. The molecule has 150 valence electrons. The predicted octanol–water partition coefficient (Wildman–Crippen LogP) is 2.88. The third-order valence-corrected chi connectivity index (χ3v) is 4.12. The number of hydrogen-bond acceptors (Lipinski definition) is 5. The average molecular weight is 407 g/mol. The van der Waals surface area contributed by atoms with Crippen LogP contribution >= 0.6 is 11.6 Å². The van der Waals surface area contributed by atoms with Gasteiger partial charge in [0.15, 0.2) is 18.1 Å². The molecule has 2 amide bonds. The molecule has 0 saturated heterocycles. The Labute approximate surface area is 168 Å². The van der Waals surface area contributed by atoms with Crippen molar-refractivity contribution in [2.45, 2.75) is 13.5 Å². The van der Waals surface area contributed by atoms with Crippen molar-refractivity contribution in [3.8, 4) is 17.2 Å². The van der Waals surface area contributed by atoms with Gasteiger partial charge in [0.2, 0.25) is 0 Å². The van der Waals surface area contributed by atoms with Crippen LogP contribution in [0.2, 0.25) is 5.02 Å². The molecule has 0 radical (unpaired) electrons. The Hall–Kier alpha value is -2.93. The second-order valence-corrected chi connectivity index (χ2v) is 6.39. The summed E-state index contributed by atoms with van der Waals surface area (Å²) >= 11 is 6.21. The van der Waals surface area contributed by atoms with Gasteiger partial charge in [0, 0.05) is 19.2 Å². The van der Waals surface area contributed by atoms with Crippen molar-refractivity contribution in [2.24, 2.45) is 5.73 Å². The molecule has 2 N–H and O–H groups in total. The predicted molar refractivity (Wildman–Crippen MR) is 106 cm³/mol. The lowest BCUT2D eigenvalue weighted by molar-refractivity contribution is -0.119. The molecule has 28 heavy (non-hydrogen) atoms. The Morgan fingerprint density at radius 1 is 1.14 bits per heavy atom. The van der Waals surface area contributed by atoms with Gasteiger partial charge in [-0.1, -0.05) is 23.7 Å². The van der Waals surface area contributed by atoms with Crippen LogP contribution in [0.3, 0.4) is 0 Å². The zero-order chi connectivity index (χ0) is 20.7. The summed E-state index contributed by atoms with van der Waals surface area (Å²) in [6, 6.07) is 10.5. The Kier molecular flexibility index (Phi) is 7.52. The van der Waals surface area contributed by atoms with Crippen molar-refractivity contribution in [3.63, 3.8) is 0 Å². The van der Waals surface area contributed by atoms with Gasteiger partial charge in [-0.3, -0.25) is 9.59 Å². The average Bonchev–Trinajstić information content (AvgIpc) is 2.67. The first-order chi connectivity index (χ1) is 13.3. The monoisotopic (exact) mass is 406 g/mol. The van der Waals surface area contributed by atoms with E-state index in [2.05, 4.69) is 0 Å². The molecule has 7 nitrogen and oxygen atoms in total. The van der Waals surface area contributed by atoms with Crippen LogP contribution in [0.5, 0.6) is 17.2 Å². The molecule has 0 aromatic heterocycles. The van der Waals surface area contributed by atoms with Crippen molar-refractivity contribution in [1.82, 2.24) is 4.90 Å². The highest BCUT2D eigenvalue weighted by molar-refractivity contribution is 6.32. The first-order valence-corrected chi connectivity index (χ1v) is 8.99. The highest BCUT2D eigenvalue weighted by atomic mass is 35.5. The van der Waals surface area contributed by atoms with Gasteiger partial charge >= 0.3 is 0 Å². The molecule has 0 aliphatic rings. The molecule has 0 spiro atoms. The topological polar surface area (TPSA) is 91.1 Å². The maximum atomic E-state index is 12.8. The molecular formula is C20H23ClN2O5. The molecule has 2 aromatic carbocycles. The van der Waals surface area contributed by atoms with Crippen molar-refractivity contribution in [2.75, 3.05) is 27.4 Å². The quantitative estimate of drug-likeness (QED) is 0.691. The van der Waals surface area contributed by atoms with Crippen LogP contribution in [0, 0.1) is 0 Å². The van der Waals surface area contributed by atoms with E-state index in [-0.39, 0.29) is 29.0 Å². The highest BCUT2D eigenvalue weighted by Gasteiger charge is 2.19. The summed E-state index contributed by atoms with van der Waals surface area (Å²) in [7, 11) is 3.11. The van der Waals surface area contributed by atoms with E-state index < -0.39 is 5.91 Å². The number of primary amides is 1. The van der Waals surface area contributed by atoms with E-state index in [0.29, 0.717) is 18.7 Å². The van der Waals surface area contributed by atoms with Crippen LogP contribution in [0.4, 0.5) is 0 Å². The number of carbonyl (C=O) groups is 2. The number of ether oxygens (including phenoxy) is 3. The van der Waals surface area contributed by atoms with Gasteiger partial charge in [-0.2, -0.15) is 0 Å². The Morgan fingerprint density at radius 2 is 1.82 bits per heavy atom. The number of rotatable bonds is 9. The maximum absolute atomic E-state index is 12.8. The summed E-state index contributed by atoms with van der Waals surface area (Å²) in [4.78, 5) is 25.3. The number of hydrogen-bond donors (Lipinski definition) is 1. The van der Waals surface area contributed by atoms with Gasteiger partial charge < -0.3 is 24.8 Å². The number of halogens is 1. The number of carbonyl (C=O) groups excluding carboxylic acids is 2. The van der Waals surface area contributed by atoms with E-state index in [1.54, 1.807) is 11.9 Å². The number of benzene rings is 2. The molecule has 2 rings (SSSR count). The largest absolute Gasteiger partial charge is 0.494 e. The maximum Gasteiger partial charge on any atom is 0.255 e. The van der Waals surface area contributed by atoms with E-state index in [4.69, 9.17) is 31.5 Å². The fourth-order valence-corrected chi connectivity index (χ4v) is 2.82. The summed E-state index contributed by atoms with van der Waals surface area (Å²) < 4.78 is 15.9. The number of nitrogens with zero attached hydrogens (tertiary/aromatic N) is 1. The Morgan fingerprint density at radius 3 is 2.39 bits per heavy atom. The molecule has 0 aliphatic heterocycles. The molecule has 0 aliphatic carbocycles. The molecule has 0 atom stereocenters. The van der Waals surface area contributed by atoms with Crippen molar-refractivity contribution < 1.29 is 23.8 Å². The fraction of sp³-hybridized carbons (Fsp3) is 0.300. The van der Waals surface area contributed by atoms with Crippen molar-refractivity contribution in [1.29, 1.82) is 0 Å². The normalized spacial score (nSPS) is 10.3. The summed E-state index contributed by atoms with van der Waals surface area (Å²) in [5.74, 6) is 0.299. The molecule has 0 bridgehead atoms. The van der Waals surface area contributed by atoms with E-state index in [1.807, 2.05) is 31.2 Å². The van der Waals surface area contributed by atoms with Gasteiger partial charge in [0.25, 0.3) is 11.8 Å². The van der Waals surface area contributed by atoms with Crippen LogP contribution in [-0.2, 0) is 11.3 Å². The lowest BCUT2D eigenvalue weighted by atomic mass is 10.1. The first-order valence-electron chi connectivity index (χ1n) is 8.61. The minimum absolute atomic E-state index is 0.151. The van der Waals surface area contributed by atoms with Crippen LogP contribution in [0.1, 0.15) is 22.8 Å². The van der Waals surface area contributed by atoms with Crippen LogP contribution in [0.25, 0.3) is 0 Å². The lowest BCUT2D eigenvalue weighted by Crippen LogP contribution is -2.26. The van der Waals surface area contributed by atoms with E-state index >= 15 is 0 Å². The zero-order valence-electron chi connectivity index (χ0n) is 16.0. The van der Waals surface area contributed by atoms with Gasteiger partial charge in [-0.25, -0.2) is 0 Å². The summed E-state index contributed by atoms with van der Waals surface area (Å²) in [5.41, 5.74) is 6.37. The lowest BCUT2D eigenvalue weighted by Gasteiger charge is -2.19. The van der Waals surface area contributed by atoms with Gasteiger partial charge in [-0.05, 0) is 36.8 Å². The van der Waals surface area contributed by atoms with Crippen LogP contribution in [-0.4, -0.2) is 44.1 Å². The van der Waals surface area contributed by atoms with Crippen LogP contribution in [0.15, 0.2) is 36.4 Å². The molecule has 2 aromatic rings. The third-order valence-electron chi connectivity index (χ3n) is 3.84. The zero-order valence-corrected chi connectivity index (χ0v) is 16.8. The molecule has 0 unspecified atom stereocenters. The number of amides is 2. The van der Waals surface area contributed by atoms with Gasteiger partial charge in [0.05, 0.1) is 18.7 Å². The Bertz CT molecular complexity index is 839. The van der Waals surface area contributed by atoms with E-state index in [0.717, 1.165) is 11.3 Å². The minimum atomic E-state index is -0.645. The smallest absolute Gasteiger partial charge is 0.255 e. The summed E-state index contributed by atoms with van der Waals surface area (Å²) in [5, 5.41) is 0.151. The third kappa shape index (κ3) is 5.53. The van der Waals surface area contributed by atoms with Gasteiger partial charge in [-0.15, -0.1) is 0 Å². The van der Waals surface area contributed by atoms with E-state index in [1.165, 1.54) is 19.2 Å². The molecular weight excluding hydrogens is 384 g/mol. The Balaban J connectivity index is 2.15. The fourth-order valence-electron chi connectivity index (χ4n) is 2.55. The molecule has 8 heteroatoms. The number of nitrogens with two attached hydrogens (primary N) is 1. The first kappa shape index (κ1) is 21.4. The van der Waals surface area contributed by atoms with Crippen molar-refractivity contribution >= 4 is 23.4 Å². The van der Waals surface area contributed by atoms with Gasteiger partial charge in [0.1, 0.15) is 5.75 Å². The number of methoxy groups -OCH3 is 1. The van der Waals surface area contributed by atoms with Crippen molar-refractivity contribution in [3.05, 3.63) is 52.5 Å². The SMILES string of the molecule is CCOc1ccc(CN(C)C(=O)c2cc(Cl)c(OCC(N)=O)c(OC)c2)cc1.